The zero-order valence-corrected chi connectivity index (χ0v) is 9.84. The van der Waals surface area contributed by atoms with Gasteiger partial charge in [0.2, 0.25) is 0 Å². The van der Waals surface area contributed by atoms with Crippen molar-refractivity contribution in [3.63, 3.8) is 0 Å². The molecule has 1 atom stereocenters. The van der Waals surface area contributed by atoms with Crippen molar-refractivity contribution in [2.75, 3.05) is 6.54 Å². The van der Waals surface area contributed by atoms with Crippen LogP contribution in [0.5, 0.6) is 0 Å². The first-order valence-electron chi connectivity index (χ1n) is 5.49. The van der Waals surface area contributed by atoms with Crippen molar-refractivity contribution in [3.8, 4) is 0 Å². The van der Waals surface area contributed by atoms with Gasteiger partial charge in [0, 0.05) is 18.4 Å². The lowest BCUT2D eigenvalue weighted by Crippen LogP contribution is -2.30. The maximum Gasteiger partial charge on any atom is 0.271 e. The Morgan fingerprint density at radius 3 is 3.00 bits per heavy atom. The van der Waals surface area contributed by atoms with Gasteiger partial charge in [-0.25, -0.2) is 4.98 Å². The van der Waals surface area contributed by atoms with Gasteiger partial charge in [-0.15, -0.1) is 0 Å². The maximum absolute atomic E-state index is 11.7. The molecule has 0 radical (unpaired) electrons. The van der Waals surface area contributed by atoms with Gasteiger partial charge in [0.25, 0.3) is 5.91 Å². The molecule has 5 heteroatoms. The van der Waals surface area contributed by atoms with Crippen LogP contribution in [0.25, 0.3) is 5.65 Å². The molecule has 2 heterocycles. The minimum Gasteiger partial charge on any atom is -0.392 e. The van der Waals surface area contributed by atoms with Crippen LogP contribution in [-0.4, -0.2) is 33.0 Å². The Balaban J connectivity index is 2.24. The van der Waals surface area contributed by atoms with Crippen LogP contribution in [0, 0.1) is 6.92 Å². The summed E-state index contributed by atoms with van der Waals surface area (Å²) in [5.41, 5.74) is 2.12. The Bertz CT molecular complexity index is 546. The molecule has 2 N–H and O–H groups in total. The zero-order chi connectivity index (χ0) is 12.4. The standard InChI is InChI=1S/C12H15N3O2/c1-8-4-3-5-11-14-10(7-15(8)11)12(17)13-6-9(2)16/h3-5,7,9,16H,6H2,1-2H3,(H,13,17)/t9-/m0/s1. The van der Waals surface area contributed by atoms with Crippen LogP contribution in [0.15, 0.2) is 24.4 Å². The van der Waals surface area contributed by atoms with E-state index in [4.69, 9.17) is 5.11 Å². The predicted molar refractivity (Wildman–Crippen MR) is 63.9 cm³/mol. The number of nitrogens with zero attached hydrogens (tertiary/aromatic N) is 2. The molecule has 0 aliphatic rings. The van der Waals surface area contributed by atoms with E-state index in [9.17, 15) is 4.79 Å². The molecule has 2 rings (SSSR count). The van der Waals surface area contributed by atoms with Crippen molar-refractivity contribution in [1.82, 2.24) is 14.7 Å². The number of nitrogens with one attached hydrogen (secondary N) is 1. The SMILES string of the molecule is Cc1cccc2nc(C(=O)NC[C@H](C)O)cn12. The molecule has 0 unspecified atom stereocenters. The second kappa shape index (κ2) is 4.55. The number of carbonyl (C=O) groups is 1. The fourth-order valence-electron chi connectivity index (χ4n) is 1.59. The third-order valence-electron chi connectivity index (χ3n) is 2.49. The summed E-state index contributed by atoms with van der Waals surface area (Å²) in [6.45, 7) is 3.80. The van der Waals surface area contributed by atoms with E-state index in [1.807, 2.05) is 29.5 Å². The fourth-order valence-corrected chi connectivity index (χ4v) is 1.59. The summed E-state index contributed by atoms with van der Waals surface area (Å²) in [4.78, 5) is 16.0. The van der Waals surface area contributed by atoms with Crippen LogP contribution in [0.3, 0.4) is 0 Å². The smallest absolute Gasteiger partial charge is 0.271 e. The van der Waals surface area contributed by atoms with E-state index in [0.29, 0.717) is 5.69 Å². The van der Waals surface area contributed by atoms with Crippen molar-refractivity contribution in [2.45, 2.75) is 20.0 Å². The van der Waals surface area contributed by atoms with Gasteiger partial charge in [-0.05, 0) is 26.0 Å². The number of aryl methyl sites for hydroxylation is 1. The highest BCUT2D eigenvalue weighted by molar-refractivity contribution is 5.92. The number of aromatic nitrogens is 2. The molecule has 0 aliphatic carbocycles. The van der Waals surface area contributed by atoms with Gasteiger partial charge in [0.15, 0.2) is 0 Å². The van der Waals surface area contributed by atoms with Crippen molar-refractivity contribution >= 4 is 11.6 Å². The van der Waals surface area contributed by atoms with Crippen molar-refractivity contribution < 1.29 is 9.90 Å². The van der Waals surface area contributed by atoms with Gasteiger partial charge >= 0.3 is 0 Å². The molecule has 0 spiro atoms. The molecule has 90 valence electrons. The highest BCUT2D eigenvalue weighted by Gasteiger charge is 2.11. The quantitative estimate of drug-likeness (QED) is 0.822. The van der Waals surface area contributed by atoms with Crippen LogP contribution in [0.1, 0.15) is 23.1 Å². The number of rotatable bonds is 3. The highest BCUT2D eigenvalue weighted by atomic mass is 16.3. The molecule has 2 aromatic rings. The number of aliphatic hydroxyl groups is 1. The van der Waals surface area contributed by atoms with Gasteiger partial charge in [-0.2, -0.15) is 0 Å². The summed E-state index contributed by atoms with van der Waals surface area (Å²) in [5.74, 6) is -0.269. The van der Waals surface area contributed by atoms with E-state index in [0.717, 1.165) is 11.3 Å². The first kappa shape index (κ1) is 11.6. The lowest BCUT2D eigenvalue weighted by Gasteiger charge is -2.04. The van der Waals surface area contributed by atoms with Crippen molar-refractivity contribution in [2.24, 2.45) is 0 Å². The monoisotopic (exact) mass is 233 g/mol. The van der Waals surface area contributed by atoms with E-state index < -0.39 is 6.10 Å². The third-order valence-corrected chi connectivity index (χ3v) is 2.49. The minimum atomic E-state index is -0.558. The Labute approximate surface area is 99.1 Å². The molecule has 0 bridgehead atoms. The molecule has 2 aromatic heterocycles. The van der Waals surface area contributed by atoms with E-state index in [2.05, 4.69) is 10.3 Å². The van der Waals surface area contributed by atoms with E-state index in [-0.39, 0.29) is 12.5 Å². The fraction of sp³-hybridized carbons (Fsp3) is 0.333. The Hall–Kier alpha value is -1.88. The first-order valence-corrected chi connectivity index (χ1v) is 5.49. The molecule has 0 aromatic carbocycles. The van der Waals surface area contributed by atoms with Crippen LogP contribution in [-0.2, 0) is 0 Å². The number of carbonyl (C=O) groups excluding carboxylic acids is 1. The zero-order valence-electron chi connectivity index (χ0n) is 9.84. The summed E-state index contributed by atoms with van der Waals surface area (Å²) in [5, 5.41) is 11.7. The van der Waals surface area contributed by atoms with Gasteiger partial charge in [-0.1, -0.05) is 6.07 Å². The molecular weight excluding hydrogens is 218 g/mol. The summed E-state index contributed by atoms with van der Waals surface area (Å²) < 4.78 is 1.86. The van der Waals surface area contributed by atoms with E-state index >= 15 is 0 Å². The number of amides is 1. The Kier molecular flexibility index (Phi) is 3.10. The number of hydrogen-bond acceptors (Lipinski definition) is 3. The highest BCUT2D eigenvalue weighted by Crippen LogP contribution is 2.08. The van der Waals surface area contributed by atoms with Crippen molar-refractivity contribution in [1.29, 1.82) is 0 Å². The summed E-state index contributed by atoms with van der Waals surface area (Å²) in [7, 11) is 0. The normalized spacial score (nSPS) is 12.6. The predicted octanol–water partition coefficient (Wildman–Crippen LogP) is 0.753. The molecule has 0 aliphatic heterocycles. The van der Waals surface area contributed by atoms with E-state index in [1.54, 1.807) is 13.1 Å². The molecule has 17 heavy (non-hydrogen) atoms. The number of fused-ring (bicyclic) bond motifs is 1. The van der Waals surface area contributed by atoms with Gasteiger partial charge < -0.3 is 14.8 Å². The maximum atomic E-state index is 11.7. The lowest BCUT2D eigenvalue weighted by molar-refractivity contribution is 0.0919. The molecule has 5 nitrogen and oxygen atoms in total. The van der Waals surface area contributed by atoms with Gasteiger partial charge in [0.1, 0.15) is 11.3 Å². The second-order valence-electron chi connectivity index (χ2n) is 4.08. The second-order valence-corrected chi connectivity index (χ2v) is 4.08. The number of hydrogen-bond donors (Lipinski definition) is 2. The van der Waals surface area contributed by atoms with Crippen LogP contribution in [0.4, 0.5) is 0 Å². The minimum absolute atomic E-state index is 0.228. The Morgan fingerprint density at radius 2 is 2.35 bits per heavy atom. The van der Waals surface area contributed by atoms with Crippen LogP contribution < -0.4 is 5.32 Å². The van der Waals surface area contributed by atoms with Crippen LogP contribution in [0.2, 0.25) is 0 Å². The topological polar surface area (TPSA) is 66.6 Å². The first-order chi connectivity index (χ1) is 8.08. The summed E-state index contributed by atoms with van der Waals surface area (Å²) in [6.07, 6.45) is 1.14. The van der Waals surface area contributed by atoms with Crippen LogP contribution >= 0.6 is 0 Å². The number of imidazole rings is 1. The molecule has 0 saturated heterocycles. The Morgan fingerprint density at radius 1 is 1.59 bits per heavy atom. The molecule has 0 fully saturated rings. The summed E-state index contributed by atoms with van der Waals surface area (Å²) in [6, 6.07) is 5.69. The largest absolute Gasteiger partial charge is 0.392 e. The average molecular weight is 233 g/mol. The van der Waals surface area contributed by atoms with E-state index in [1.165, 1.54) is 0 Å². The van der Waals surface area contributed by atoms with Gasteiger partial charge in [0.05, 0.1) is 6.10 Å². The number of pyridine rings is 1. The third kappa shape index (κ3) is 2.45. The summed E-state index contributed by atoms with van der Waals surface area (Å²) >= 11 is 0. The molecular formula is C12H15N3O2. The van der Waals surface area contributed by atoms with Crippen molar-refractivity contribution in [3.05, 3.63) is 35.8 Å². The van der Waals surface area contributed by atoms with Gasteiger partial charge in [-0.3, -0.25) is 4.79 Å². The number of aliphatic hydroxyl groups excluding tert-OH is 1. The lowest BCUT2D eigenvalue weighted by atomic mass is 10.3. The molecule has 1 amide bonds. The molecule has 0 saturated carbocycles. The average Bonchev–Trinajstić information content (AvgIpc) is 2.71.